The molecular weight excluding hydrogens is 255 g/mol. The molecule has 0 saturated carbocycles. The molecule has 6 heteroatoms. The second-order valence-electron chi connectivity index (χ2n) is 5.29. The molecule has 0 spiro atoms. The van der Waals surface area contributed by atoms with E-state index in [4.69, 9.17) is 14.8 Å². The molecule has 0 bridgehead atoms. The Balaban J connectivity index is 1.63. The predicted octanol–water partition coefficient (Wildman–Crippen LogP) is -0.617. The number of hydrogen-bond acceptors (Lipinski definition) is 5. The Kier molecular flexibility index (Phi) is 5.85. The van der Waals surface area contributed by atoms with Crippen molar-refractivity contribution in [1.29, 1.82) is 0 Å². The van der Waals surface area contributed by atoms with Crippen molar-refractivity contribution in [3.05, 3.63) is 24.3 Å². The van der Waals surface area contributed by atoms with Crippen molar-refractivity contribution in [3.63, 3.8) is 0 Å². The molecule has 0 unspecified atom stereocenters. The van der Waals surface area contributed by atoms with Crippen molar-refractivity contribution < 1.29 is 14.8 Å². The van der Waals surface area contributed by atoms with Gasteiger partial charge in [-0.1, -0.05) is 12.1 Å². The predicted molar refractivity (Wildman–Crippen MR) is 80.3 cm³/mol. The van der Waals surface area contributed by atoms with E-state index >= 15 is 0 Å². The number of rotatable bonds is 6. The molecule has 0 aliphatic carbocycles. The van der Waals surface area contributed by atoms with Crippen molar-refractivity contribution in [2.24, 2.45) is 0 Å². The van der Waals surface area contributed by atoms with Gasteiger partial charge in [0.1, 0.15) is 5.75 Å². The minimum atomic E-state index is -1.42. The first-order chi connectivity index (χ1) is 9.65. The van der Waals surface area contributed by atoms with Gasteiger partial charge in [0.05, 0.1) is 6.61 Å². The highest BCUT2D eigenvalue weighted by Crippen LogP contribution is 2.08. The average Bonchev–Trinajstić information content (AvgIpc) is 2.46. The highest BCUT2D eigenvalue weighted by Gasteiger charge is 2.13. The van der Waals surface area contributed by atoms with Gasteiger partial charge in [-0.15, -0.1) is 0 Å². The third-order valence-electron chi connectivity index (χ3n) is 3.66. The zero-order valence-corrected chi connectivity index (χ0v) is 12.0. The smallest absolute Gasteiger partial charge is 0.488 e. The summed E-state index contributed by atoms with van der Waals surface area (Å²) in [4.78, 5) is 4.82. The minimum Gasteiger partial charge on any atom is -0.494 e. The van der Waals surface area contributed by atoms with Gasteiger partial charge in [-0.05, 0) is 31.1 Å². The van der Waals surface area contributed by atoms with E-state index in [1.54, 1.807) is 24.3 Å². The molecule has 1 aliphatic rings. The van der Waals surface area contributed by atoms with Crippen LogP contribution in [-0.4, -0.2) is 73.3 Å². The summed E-state index contributed by atoms with van der Waals surface area (Å²) in [5, 5.41) is 18.0. The largest absolute Gasteiger partial charge is 0.494 e. The van der Waals surface area contributed by atoms with Gasteiger partial charge in [0.2, 0.25) is 0 Å². The first-order valence-electron chi connectivity index (χ1n) is 7.15. The van der Waals surface area contributed by atoms with E-state index in [-0.39, 0.29) is 0 Å². The highest BCUT2D eigenvalue weighted by atomic mass is 16.5. The van der Waals surface area contributed by atoms with Gasteiger partial charge in [0.25, 0.3) is 0 Å². The van der Waals surface area contributed by atoms with Crippen molar-refractivity contribution in [3.8, 4) is 5.75 Å². The van der Waals surface area contributed by atoms with Crippen molar-refractivity contribution in [2.75, 3.05) is 46.4 Å². The van der Waals surface area contributed by atoms with Gasteiger partial charge in [-0.3, -0.25) is 0 Å². The van der Waals surface area contributed by atoms with E-state index in [0.29, 0.717) is 12.1 Å². The summed E-state index contributed by atoms with van der Waals surface area (Å²) in [6, 6.07) is 6.87. The SMILES string of the molecule is CN1CCN(CCCOc2ccc(B(O)O)cc2)CC1. The number of hydrogen-bond donors (Lipinski definition) is 2. The van der Waals surface area contributed by atoms with Crippen LogP contribution in [-0.2, 0) is 0 Å². The zero-order valence-electron chi connectivity index (χ0n) is 12.0. The molecule has 0 atom stereocenters. The van der Waals surface area contributed by atoms with Gasteiger partial charge >= 0.3 is 7.12 Å². The molecule has 0 aromatic heterocycles. The third-order valence-corrected chi connectivity index (χ3v) is 3.66. The van der Waals surface area contributed by atoms with Crippen LogP contribution in [0, 0.1) is 0 Å². The number of benzene rings is 1. The topological polar surface area (TPSA) is 56.2 Å². The molecule has 1 saturated heterocycles. The standard InChI is InChI=1S/C14H23BN2O3/c1-16-8-10-17(11-9-16)7-2-12-20-14-5-3-13(4-6-14)15(18)19/h3-6,18-19H,2,7-12H2,1H3. The van der Waals surface area contributed by atoms with Crippen LogP contribution in [0.25, 0.3) is 0 Å². The van der Waals surface area contributed by atoms with Crippen molar-refractivity contribution >= 4 is 12.6 Å². The Hall–Kier alpha value is -1.08. The van der Waals surface area contributed by atoms with Gasteiger partial charge in [-0.25, -0.2) is 0 Å². The lowest BCUT2D eigenvalue weighted by atomic mass is 9.80. The lowest BCUT2D eigenvalue weighted by Crippen LogP contribution is -2.44. The van der Waals surface area contributed by atoms with E-state index in [2.05, 4.69) is 16.8 Å². The summed E-state index contributed by atoms with van der Waals surface area (Å²) in [6.45, 7) is 6.32. The maximum Gasteiger partial charge on any atom is 0.488 e. The minimum absolute atomic E-state index is 0.481. The molecule has 1 aliphatic heterocycles. The molecule has 0 amide bonds. The van der Waals surface area contributed by atoms with Crippen molar-refractivity contribution in [2.45, 2.75) is 6.42 Å². The fourth-order valence-electron chi connectivity index (χ4n) is 2.29. The van der Waals surface area contributed by atoms with E-state index < -0.39 is 7.12 Å². The van der Waals surface area contributed by atoms with E-state index in [0.717, 1.165) is 44.9 Å². The molecule has 2 N–H and O–H groups in total. The molecule has 1 fully saturated rings. The van der Waals surface area contributed by atoms with Crippen LogP contribution in [0.2, 0.25) is 0 Å². The Labute approximate surface area is 120 Å². The number of ether oxygens (including phenoxy) is 1. The number of piperazine rings is 1. The summed E-state index contributed by atoms with van der Waals surface area (Å²) in [5.74, 6) is 0.771. The Morgan fingerprint density at radius 1 is 1.10 bits per heavy atom. The first-order valence-corrected chi connectivity index (χ1v) is 7.15. The molecule has 20 heavy (non-hydrogen) atoms. The number of nitrogens with zero attached hydrogens (tertiary/aromatic N) is 2. The van der Waals surface area contributed by atoms with Crippen LogP contribution < -0.4 is 10.2 Å². The van der Waals surface area contributed by atoms with Gasteiger partial charge < -0.3 is 24.6 Å². The highest BCUT2D eigenvalue weighted by molar-refractivity contribution is 6.58. The second-order valence-corrected chi connectivity index (χ2v) is 5.29. The summed E-state index contributed by atoms with van der Waals surface area (Å²) < 4.78 is 5.65. The van der Waals surface area contributed by atoms with Gasteiger partial charge in [0, 0.05) is 32.7 Å². The monoisotopic (exact) mass is 278 g/mol. The normalized spacial score (nSPS) is 17.1. The lowest BCUT2D eigenvalue weighted by Gasteiger charge is -2.32. The van der Waals surface area contributed by atoms with Crippen LogP contribution in [0.3, 0.4) is 0 Å². The fraction of sp³-hybridized carbons (Fsp3) is 0.571. The average molecular weight is 278 g/mol. The summed E-state index contributed by atoms with van der Waals surface area (Å²) in [7, 11) is 0.745. The van der Waals surface area contributed by atoms with Gasteiger partial charge in [-0.2, -0.15) is 0 Å². The Morgan fingerprint density at radius 3 is 2.35 bits per heavy atom. The van der Waals surface area contributed by atoms with E-state index in [1.165, 1.54) is 0 Å². The molecule has 2 rings (SSSR count). The van der Waals surface area contributed by atoms with Crippen LogP contribution in [0.5, 0.6) is 5.75 Å². The second kappa shape index (κ2) is 7.64. The third kappa shape index (κ3) is 4.79. The van der Waals surface area contributed by atoms with Crippen LogP contribution in [0.1, 0.15) is 6.42 Å². The molecule has 110 valence electrons. The van der Waals surface area contributed by atoms with Crippen molar-refractivity contribution in [1.82, 2.24) is 9.80 Å². The molecule has 1 aromatic carbocycles. The van der Waals surface area contributed by atoms with Crippen LogP contribution in [0.15, 0.2) is 24.3 Å². The molecule has 1 heterocycles. The van der Waals surface area contributed by atoms with Gasteiger partial charge in [0.15, 0.2) is 0 Å². The summed E-state index contributed by atoms with van der Waals surface area (Å²) in [5.41, 5.74) is 0.481. The van der Waals surface area contributed by atoms with E-state index in [9.17, 15) is 0 Å². The summed E-state index contributed by atoms with van der Waals surface area (Å²) in [6.07, 6.45) is 1.01. The van der Waals surface area contributed by atoms with E-state index in [1.807, 2.05) is 0 Å². The number of likely N-dealkylation sites (N-methyl/N-ethyl adjacent to an activating group) is 1. The Bertz CT molecular complexity index is 392. The molecular formula is C14H23BN2O3. The zero-order chi connectivity index (χ0) is 14.4. The quantitative estimate of drug-likeness (QED) is 0.537. The Morgan fingerprint density at radius 2 is 1.75 bits per heavy atom. The fourth-order valence-corrected chi connectivity index (χ4v) is 2.29. The molecule has 1 aromatic rings. The van der Waals surface area contributed by atoms with Crippen LogP contribution in [0.4, 0.5) is 0 Å². The summed E-state index contributed by atoms with van der Waals surface area (Å²) >= 11 is 0. The maximum absolute atomic E-state index is 9.00. The first kappa shape index (κ1) is 15.3. The molecule has 0 radical (unpaired) electrons. The van der Waals surface area contributed by atoms with Crippen LogP contribution >= 0.6 is 0 Å². The maximum atomic E-state index is 9.00. The molecule has 5 nitrogen and oxygen atoms in total. The lowest BCUT2D eigenvalue weighted by molar-refractivity contribution is 0.145.